The van der Waals surface area contributed by atoms with Gasteiger partial charge in [-0.05, 0) is 63.7 Å². The van der Waals surface area contributed by atoms with Crippen LogP contribution in [0.2, 0.25) is 10.0 Å². The predicted molar refractivity (Wildman–Crippen MR) is 148 cm³/mol. The zero-order chi connectivity index (χ0) is 25.5. The lowest BCUT2D eigenvalue weighted by atomic mass is 9.95. The van der Waals surface area contributed by atoms with E-state index in [1.165, 1.54) is 6.42 Å². The Bertz CT molecular complexity index is 1190. The third-order valence-corrected chi connectivity index (χ3v) is 7.09. The SMILES string of the molecule is CN(C)CCCOc1cc(-c2nc(C(=O)NC3CCCCC3)ccc2-c2ccccc2Cl)ccc1Cl. The summed E-state index contributed by atoms with van der Waals surface area (Å²) < 4.78 is 6.01. The van der Waals surface area contributed by atoms with Crippen LogP contribution in [0.3, 0.4) is 0 Å². The van der Waals surface area contributed by atoms with Gasteiger partial charge in [0.2, 0.25) is 0 Å². The maximum atomic E-state index is 13.1. The van der Waals surface area contributed by atoms with Gasteiger partial charge in [-0.3, -0.25) is 4.79 Å². The molecule has 0 radical (unpaired) electrons. The number of hydrogen-bond acceptors (Lipinski definition) is 4. The summed E-state index contributed by atoms with van der Waals surface area (Å²) in [6.07, 6.45) is 6.45. The maximum absolute atomic E-state index is 13.1. The molecular formula is C29H33Cl2N3O2. The van der Waals surface area contributed by atoms with Crippen molar-refractivity contribution in [3.8, 4) is 28.1 Å². The molecule has 0 unspecified atom stereocenters. The van der Waals surface area contributed by atoms with Crippen LogP contribution in [0.1, 0.15) is 49.0 Å². The lowest BCUT2D eigenvalue weighted by Gasteiger charge is -2.22. The zero-order valence-corrected chi connectivity index (χ0v) is 22.4. The molecular weight excluding hydrogens is 493 g/mol. The van der Waals surface area contributed by atoms with Crippen LogP contribution < -0.4 is 10.1 Å². The van der Waals surface area contributed by atoms with Crippen molar-refractivity contribution >= 4 is 29.1 Å². The zero-order valence-electron chi connectivity index (χ0n) is 20.9. The van der Waals surface area contributed by atoms with E-state index in [4.69, 9.17) is 32.9 Å². The number of carbonyl (C=O) groups excluding carboxylic acids is 1. The topological polar surface area (TPSA) is 54.5 Å². The third kappa shape index (κ3) is 6.78. The lowest BCUT2D eigenvalue weighted by molar-refractivity contribution is 0.0923. The molecule has 1 aliphatic carbocycles. The number of amides is 1. The quantitative estimate of drug-likeness (QED) is 0.302. The molecule has 1 aliphatic rings. The molecule has 1 N–H and O–H groups in total. The van der Waals surface area contributed by atoms with Gasteiger partial charge in [-0.25, -0.2) is 4.98 Å². The molecule has 5 nitrogen and oxygen atoms in total. The van der Waals surface area contributed by atoms with Crippen molar-refractivity contribution in [2.75, 3.05) is 27.2 Å². The van der Waals surface area contributed by atoms with Gasteiger partial charge in [0.05, 0.1) is 17.3 Å². The van der Waals surface area contributed by atoms with E-state index < -0.39 is 0 Å². The van der Waals surface area contributed by atoms with E-state index in [1.54, 1.807) is 6.07 Å². The van der Waals surface area contributed by atoms with Crippen LogP contribution in [-0.2, 0) is 0 Å². The smallest absolute Gasteiger partial charge is 0.270 e. The van der Waals surface area contributed by atoms with E-state index in [1.807, 2.05) is 62.6 Å². The summed E-state index contributed by atoms with van der Waals surface area (Å²) in [5.74, 6) is 0.444. The van der Waals surface area contributed by atoms with Crippen molar-refractivity contribution < 1.29 is 9.53 Å². The van der Waals surface area contributed by atoms with Gasteiger partial charge in [-0.15, -0.1) is 0 Å². The summed E-state index contributed by atoms with van der Waals surface area (Å²) in [6.45, 7) is 1.48. The first-order valence-corrected chi connectivity index (χ1v) is 13.3. The highest BCUT2D eigenvalue weighted by molar-refractivity contribution is 6.33. The minimum Gasteiger partial charge on any atom is -0.492 e. The number of aromatic nitrogens is 1. The molecule has 0 spiro atoms. The molecule has 7 heteroatoms. The lowest BCUT2D eigenvalue weighted by Crippen LogP contribution is -2.36. The number of ether oxygens (including phenoxy) is 1. The van der Waals surface area contributed by atoms with E-state index in [0.717, 1.165) is 55.3 Å². The molecule has 1 saturated carbocycles. The second-order valence-electron chi connectivity index (χ2n) is 9.53. The van der Waals surface area contributed by atoms with Crippen molar-refractivity contribution in [2.45, 2.75) is 44.6 Å². The average Bonchev–Trinajstić information content (AvgIpc) is 2.88. The Morgan fingerprint density at radius 1 is 1.00 bits per heavy atom. The molecule has 190 valence electrons. The minimum absolute atomic E-state index is 0.150. The Morgan fingerprint density at radius 2 is 1.78 bits per heavy atom. The van der Waals surface area contributed by atoms with Gasteiger partial charge < -0.3 is 15.0 Å². The second kappa shape index (κ2) is 12.6. The van der Waals surface area contributed by atoms with Crippen LogP contribution in [0.5, 0.6) is 5.75 Å². The predicted octanol–water partition coefficient (Wildman–Crippen LogP) is 7.12. The number of benzene rings is 2. The number of halogens is 2. The average molecular weight is 527 g/mol. The molecule has 4 rings (SSSR count). The maximum Gasteiger partial charge on any atom is 0.270 e. The first kappa shape index (κ1) is 26.5. The van der Waals surface area contributed by atoms with Crippen molar-refractivity contribution in [1.29, 1.82) is 0 Å². The molecule has 36 heavy (non-hydrogen) atoms. The summed E-state index contributed by atoms with van der Waals surface area (Å²) >= 11 is 13.0. The van der Waals surface area contributed by atoms with Gasteiger partial charge in [-0.1, -0.05) is 66.7 Å². The van der Waals surface area contributed by atoms with Crippen LogP contribution in [0.4, 0.5) is 0 Å². The van der Waals surface area contributed by atoms with Crippen LogP contribution in [0.15, 0.2) is 54.6 Å². The van der Waals surface area contributed by atoms with Crippen LogP contribution in [0.25, 0.3) is 22.4 Å². The summed E-state index contributed by atoms with van der Waals surface area (Å²) in [5.41, 5.74) is 3.55. The highest BCUT2D eigenvalue weighted by Crippen LogP contribution is 2.38. The van der Waals surface area contributed by atoms with Crippen molar-refractivity contribution in [3.05, 3.63) is 70.3 Å². The summed E-state index contributed by atoms with van der Waals surface area (Å²) in [4.78, 5) is 20.1. The highest BCUT2D eigenvalue weighted by atomic mass is 35.5. The molecule has 0 aliphatic heterocycles. The van der Waals surface area contributed by atoms with Crippen molar-refractivity contribution in [2.24, 2.45) is 0 Å². The van der Waals surface area contributed by atoms with Crippen molar-refractivity contribution in [3.63, 3.8) is 0 Å². The minimum atomic E-state index is -0.150. The first-order chi connectivity index (χ1) is 17.4. The summed E-state index contributed by atoms with van der Waals surface area (Å²) in [7, 11) is 4.07. The number of pyridine rings is 1. The molecule has 0 atom stereocenters. The molecule has 1 aromatic heterocycles. The Labute approximate surface area is 223 Å². The van der Waals surface area contributed by atoms with Gasteiger partial charge in [0.1, 0.15) is 11.4 Å². The van der Waals surface area contributed by atoms with Gasteiger partial charge in [0.15, 0.2) is 0 Å². The highest BCUT2D eigenvalue weighted by Gasteiger charge is 2.20. The van der Waals surface area contributed by atoms with Crippen LogP contribution in [0, 0.1) is 0 Å². The fourth-order valence-electron chi connectivity index (χ4n) is 4.53. The first-order valence-electron chi connectivity index (χ1n) is 12.6. The third-order valence-electron chi connectivity index (χ3n) is 6.44. The molecule has 1 heterocycles. The number of nitrogens with zero attached hydrogens (tertiary/aromatic N) is 2. The van der Waals surface area contributed by atoms with Gasteiger partial charge >= 0.3 is 0 Å². The van der Waals surface area contributed by atoms with Gasteiger partial charge in [-0.2, -0.15) is 0 Å². The fraction of sp³-hybridized carbons (Fsp3) is 0.379. The van der Waals surface area contributed by atoms with Gasteiger partial charge in [0.25, 0.3) is 5.91 Å². The molecule has 2 aromatic carbocycles. The fourth-order valence-corrected chi connectivity index (χ4v) is 4.94. The molecule has 0 bridgehead atoms. The standard InChI is InChI=1S/C29H33Cl2N3O2/c1-34(2)17-8-18-36-27-19-20(13-15-25(27)31)28-23(22-11-6-7-12-24(22)30)14-16-26(33-28)29(35)32-21-9-4-3-5-10-21/h6-7,11-16,19,21H,3-5,8-10,17-18H2,1-2H3,(H,32,35). The van der Waals surface area contributed by atoms with E-state index in [0.29, 0.717) is 33.8 Å². The van der Waals surface area contributed by atoms with E-state index in [2.05, 4.69) is 10.2 Å². The van der Waals surface area contributed by atoms with Crippen LogP contribution >= 0.6 is 23.2 Å². The largest absolute Gasteiger partial charge is 0.492 e. The molecule has 1 amide bonds. The number of nitrogens with one attached hydrogen (secondary N) is 1. The normalized spacial score (nSPS) is 14.1. The van der Waals surface area contributed by atoms with E-state index in [9.17, 15) is 4.79 Å². The van der Waals surface area contributed by atoms with Crippen molar-refractivity contribution in [1.82, 2.24) is 15.2 Å². The van der Waals surface area contributed by atoms with Gasteiger partial charge in [0, 0.05) is 34.3 Å². The second-order valence-corrected chi connectivity index (χ2v) is 10.3. The Balaban J connectivity index is 1.68. The molecule has 3 aromatic rings. The number of rotatable bonds is 9. The molecule has 1 fully saturated rings. The summed E-state index contributed by atoms with van der Waals surface area (Å²) in [6, 6.07) is 17.2. The van der Waals surface area contributed by atoms with Crippen LogP contribution in [-0.4, -0.2) is 49.1 Å². The number of carbonyl (C=O) groups is 1. The van der Waals surface area contributed by atoms with E-state index >= 15 is 0 Å². The monoisotopic (exact) mass is 525 g/mol. The number of hydrogen-bond donors (Lipinski definition) is 1. The Morgan fingerprint density at radius 3 is 2.53 bits per heavy atom. The molecule has 0 saturated heterocycles. The Kier molecular flexibility index (Phi) is 9.24. The Hall–Kier alpha value is -2.60. The van der Waals surface area contributed by atoms with E-state index in [-0.39, 0.29) is 11.9 Å². The summed E-state index contributed by atoms with van der Waals surface area (Å²) in [5, 5.41) is 4.33.